The molecular weight excluding hydrogens is 289 g/mol. The minimum Gasteiger partial charge on any atom is -0.330 e. The predicted molar refractivity (Wildman–Crippen MR) is 88.4 cm³/mol. The molecule has 20 heavy (non-hydrogen) atoms. The molecule has 112 valence electrons. The van der Waals surface area contributed by atoms with Crippen molar-refractivity contribution < 1.29 is 0 Å². The fraction of sp³-hybridized carbons (Fsp3) is 0.647. The van der Waals surface area contributed by atoms with Crippen LogP contribution in [0.2, 0.25) is 10.0 Å². The number of rotatable bonds is 4. The summed E-state index contributed by atoms with van der Waals surface area (Å²) >= 11 is 12.4. The Balaban J connectivity index is 2.11. The van der Waals surface area contributed by atoms with E-state index in [1.807, 2.05) is 18.2 Å². The summed E-state index contributed by atoms with van der Waals surface area (Å²) in [5, 5.41) is 1.57. The van der Waals surface area contributed by atoms with Crippen molar-refractivity contribution in [2.45, 2.75) is 46.0 Å². The van der Waals surface area contributed by atoms with E-state index in [9.17, 15) is 0 Å². The maximum absolute atomic E-state index is 6.31. The maximum Gasteiger partial charge on any atom is 0.0439 e. The van der Waals surface area contributed by atoms with Gasteiger partial charge >= 0.3 is 0 Å². The SMILES string of the molecule is CC(C)C1CCC(CN)(Cc2cc(Cl)ccc2Cl)CC1. The van der Waals surface area contributed by atoms with Crippen LogP contribution in [0, 0.1) is 17.3 Å². The highest BCUT2D eigenvalue weighted by Gasteiger charge is 2.35. The Morgan fingerprint density at radius 2 is 1.90 bits per heavy atom. The normalized spacial score (nSPS) is 27.0. The molecule has 0 aromatic heterocycles. The van der Waals surface area contributed by atoms with Crippen molar-refractivity contribution in [2.75, 3.05) is 6.54 Å². The van der Waals surface area contributed by atoms with Gasteiger partial charge in [-0.05, 0) is 79.7 Å². The molecule has 0 aliphatic heterocycles. The van der Waals surface area contributed by atoms with Crippen LogP contribution in [-0.4, -0.2) is 6.54 Å². The van der Waals surface area contributed by atoms with Crippen LogP contribution in [0.3, 0.4) is 0 Å². The van der Waals surface area contributed by atoms with Crippen molar-refractivity contribution in [1.29, 1.82) is 0 Å². The quantitative estimate of drug-likeness (QED) is 0.799. The van der Waals surface area contributed by atoms with E-state index < -0.39 is 0 Å². The van der Waals surface area contributed by atoms with E-state index >= 15 is 0 Å². The van der Waals surface area contributed by atoms with E-state index in [0.29, 0.717) is 0 Å². The van der Waals surface area contributed by atoms with E-state index in [-0.39, 0.29) is 5.41 Å². The van der Waals surface area contributed by atoms with Crippen molar-refractivity contribution in [2.24, 2.45) is 23.0 Å². The molecule has 0 bridgehead atoms. The zero-order chi connectivity index (χ0) is 14.8. The molecule has 1 aromatic rings. The van der Waals surface area contributed by atoms with Crippen molar-refractivity contribution in [3.8, 4) is 0 Å². The first kappa shape index (κ1) is 16.1. The number of halogens is 2. The van der Waals surface area contributed by atoms with Crippen LogP contribution in [0.15, 0.2) is 18.2 Å². The third-order valence-electron chi connectivity index (χ3n) is 5.04. The number of benzene rings is 1. The van der Waals surface area contributed by atoms with Crippen molar-refractivity contribution >= 4 is 23.2 Å². The lowest BCUT2D eigenvalue weighted by Crippen LogP contribution is -2.37. The van der Waals surface area contributed by atoms with Gasteiger partial charge in [-0.1, -0.05) is 37.0 Å². The highest BCUT2D eigenvalue weighted by atomic mass is 35.5. The Bertz CT molecular complexity index is 448. The summed E-state index contributed by atoms with van der Waals surface area (Å²) in [7, 11) is 0. The molecular formula is C17H25Cl2N. The van der Waals surface area contributed by atoms with Gasteiger partial charge in [0, 0.05) is 10.0 Å². The molecule has 2 N–H and O–H groups in total. The van der Waals surface area contributed by atoms with Crippen LogP contribution in [-0.2, 0) is 6.42 Å². The van der Waals surface area contributed by atoms with Gasteiger partial charge in [0.15, 0.2) is 0 Å². The molecule has 0 saturated heterocycles. The first-order valence-electron chi connectivity index (χ1n) is 7.60. The van der Waals surface area contributed by atoms with Crippen LogP contribution < -0.4 is 5.73 Å². The molecule has 0 unspecified atom stereocenters. The van der Waals surface area contributed by atoms with Crippen LogP contribution >= 0.6 is 23.2 Å². The Hall–Kier alpha value is -0.240. The second kappa shape index (κ2) is 6.68. The number of hydrogen-bond donors (Lipinski definition) is 1. The Morgan fingerprint density at radius 3 is 2.45 bits per heavy atom. The Morgan fingerprint density at radius 1 is 1.25 bits per heavy atom. The van der Waals surface area contributed by atoms with Crippen LogP contribution in [0.25, 0.3) is 0 Å². The standard InChI is InChI=1S/C17H25Cl2N/c1-12(2)13-5-7-17(11-20,8-6-13)10-14-9-15(18)3-4-16(14)19/h3-4,9,12-13H,5-8,10-11,20H2,1-2H3. The van der Waals surface area contributed by atoms with Crippen LogP contribution in [0.1, 0.15) is 45.1 Å². The molecule has 0 amide bonds. The summed E-state index contributed by atoms with van der Waals surface area (Å²) in [4.78, 5) is 0. The van der Waals surface area contributed by atoms with E-state index in [4.69, 9.17) is 28.9 Å². The lowest BCUT2D eigenvalue weighted by Gasteiger charge is -2.41. The van der Waals surface area contributed by atoms with Gasteiger partial charge in [0.2, 0.25) is 0 Å². The molecule has 1 aliphatic rings. The van der Waals surface area contributed by atoms with Gasteiger partial charge in [0.05, 0.1) is 0 Å². The largest absolute Gasteiger partial charge is 0.330 e. The lowest BCUT2D eigenvalue weighted by atomic mass is 9.65. The molecule has 1 nitrogen and oxygen atoms in total. The summed E-state index contributed by atoms with van der Waals surface area (Å²) in [5.74, 6) is 1.63. The minimum absolute atomic E-state index is 0.208. The molecule has 0 atom stereocenters. The van der Waals surface area contributed by atoms with Crippen molar-refractivity contribution in [3.63, 3.8) is 0 Å². The van der Waals surface area contributed by atoms with Gasteiger partial charge in [-0.3, -0.25) is 0 Å². The molecule has 1 aromatic carbocycles. The molecule has 0 spiro atoms. The average molecular weight is 314 g/mol. The highest BCUT2D eigenvalue weighted by molar-refractivity contribution is 6.33. The monoisotopic (exact) mass is 313 g/mol. The van der Waals surface area contributed by atoms with Gasteiger partial charge in [0.25, 0.3) is 0 Å². The first-order valence-corrected chi connectivity index (χ1v) is 8.35. The lowest BCUT2D eigenvalue weighted by molar-refractivity contribution is 0.132. The predicted octanol–water partition coefficient (Wildman–Crippen LogP) is 5.33. The van der Waals surface area contributed by atoms with Crippen molar-refractivity contribution in [1.82, 2.24) is 0 Å². The molecule has 3 heteroatoms. The second-order valence-electron chi connectivity index (χ2n) is 6.70. The summed E-state index contributed by atoms with van der Waals surface area (Å²) < 4.78 is 0. The molecule has 2 rings (SSSR count). The summed E-state index contributed by atoms with van der Waals surface area (Å²) in [5.41, 5.74) is 7.47. The van der Waals surface area contributed by atoms with Gasteiger partial charge in [-0.15, -0.1) is 0 Å². The van der Waals surface area contributed by atoms with Gasteiger partial charge in [-0.25, -0.2) is 0 Å². The number of nitrogens with two attached hydrogens (primary N) is 1. The van der Waals surface area contributed by atoms with Crippen molar-refractivity contribution in [3.05, 3.63) is 33.8 Å². The zero-order valence-electron chi connectivity index (χ0n) is 12.5. The molecule has 0 radical (unpaired) electrons. The fourth-order valence-corrected chi connectivity index (χ4v) is 3.83. The Labute approximate surface area is 132 Å². The smallest absolute Gasteiger partial charge is 0.0439 e. The molecule has 1 saturated carbocycles. The van der Waals surface area contributed by atoms with E-state index in [1.165, 1.54) is 25.7 Å². The van der Waals surface area contributed by atoms with Gasteiger partial charge in [0.1, 0.15) is 0 Å². The van der Waals surface area contributed by atoms with E-state index in [2.05, 4.69) is 13.8 Å². The highest BCUT2D eigenvalue weighted by Crippen LogP contribution is 2.44. The third-order valence-corrected chi connectivity index (χ3v) is 5.64. The third kappa shape index (κ3) is 3.69. The Kier molecular flexibility index (Phi) is 5.39. The second-order valence-corrected chi connectivity index (χ2v) is 7.54. The topological polar surface area (TPSA) is 26.0 Å². The molecule has 1 aliphatic carbocycles. The average Bonchev–Trinajstić information content (AvgIpc) is 2.43. The van der Waals surface area contributed by atoms with E-state index in [0.717, 1.165) is 40.4 Å². The fourth-order valence-electron chi connectivity index (χ4n) is 3.46. The van der Waals surface area contributed by atoms with E-state index in [1.54, 1.807) is 0 Å². The maximum atomic E-state index is 6.31. The van der Waals surface area contributed by atoms with Crippen LogP contribution in [0.5, 0.6) is 0 Å². The van der Waals surface area contributed by atoms with Gasteiger partial charge < -0.3 is 5.73 Å². The summed E-state index contributed by atoms with van der Waals surface area (Å²) in [6.45, 7) is 5.39. The van der Waals surface area contributed by atoms with Crippen LogP contribution in [0.4, 0.5) is 0 Å². The molecule has 0 heterocycles. The summed E-state index contributed by atoms with van der Waals surface area (Å²) in [6.07, 6.45) is 5.93. The first-order chi connectivity index (χ1) is 9.46. The summed E-state index contributed by atoms with van der Waals surface area (Å²) in [6, 6.07) is 5.73. The molecule has 1 fully saturated rings. The number of hydrogen-bond acceptors (Lipinski definition) is 1. The zero-order valence-corrected chi connectivity index (χ0v) is 14.0. The minimum atomic E-state index is 0.208. The van der Waals surface area contributed by atoms with Gasteiger partial charge in [-0.2, -0.15) is 0 Å².